The number of aromatic amines is 1. The fourth-order valence-corrected chi connectivity index (χ4v) is 4.80. The maximum Gasteiger partial charge on any atom is 0.172 e. The lowest BCUT2D eigenvalue weighted by atomic mass is 9.73. The summed E-state index contributed by atoms with van der Waals surface area (Å²) in [6.45, 7) is 2.16. The molecule has 0 amide bonds. The van der Waals surface area contributed by atoms with Crippen molar-refractivity contribution in [2.45, 2.75) is 39.0 Å². The summed E-state index contributed by atoms with van der Waals surface area (Å²) in [6.07, 6.45) is 9.42. The van der Waals surface area contributed by atoms with Gasteiger partial charge in [0.25, 0.3) is 0 Å². The highest BCUT2D eigenvalue weighted by Crippen LogP contribution is 2.56. The minimum absolute atomic E-state index is 0.222. The zero-order valence-electron chi connectivity index (χ0n) is 12.0. The van der Waals surface area contributed by atoms with Crippen molar-refractivity contribution in [3.8, 4) is 0 Å². The van der Waals surface area contributed by atoms with Crippen molar-refractivity contribution >= 4 is 32.9 Å². The molecule has 4 nitrogen and oxygen atoms in total. The summed E-state index contributed by atoms with van der Waals surface area (Å²) in [5.41, 5.74) is 1.86. The maximum atomic E-state index is 13.2. The number of carbonyl (C=O) groups excluding carboxylic acids is 1. The molecule has 2 aliphatic carbocycles. The third-order valence-electron chi connectivity index (χ3n) is 5.63. The smallest absolute Gasteiger partial charge is 0.172 e. The molecule has 1 N–H and O–H groups in total. The van der Waals surface area contributed by atoms with Crippen molar-refractivity contribution in [2.75, 3.05) is 0 Å². The Morgan fingerprint density at radius 3 is 3.14 bits per heavy atom. The fourth-order valence-electron chi connectivity index (χ4n) is 4.52. The zero-order valence-corrected chi connectivity index (χ0v) is 13.6. The summed E-state index contributed by atoms with van der Waals surface area (Å²) in [4.78, 5) is 25.0. The first kappa shape index (κ1) is 13.4. The van der Waals surface area contributed by atoms with Gasteiger partial charge in [-0.05, 0) is 47.0 Å². The Kier molecular flexibility index (Phi) is 2.96. The van der Waals surface area contributed by atoms with Crippen LogP contribution in [-0.4, -0.2) is 20.7 Å². The highest BCUT2D eigenvalue weighted by molar-refractivity contribution is 9.10. The van der Waals surface area contributed by atoms with Crippen molar-refractivity contribution in [1.29, 1.82) is 0 Å². The third kappa shape index (κ3) is 1.90. The summed E-state index contributed by atoms with van der Waals surface area (Å²) in [6, 6.07) is 0. The topological polar surface area (TPSA) is 58.6 Å². The predicted octanol–water partition coefficient (Wildman–Crippen LogP) is 4.12. The van der Waals surface area contributed by atoms with Gasteiger partial charge in [0.15, 0.2) is 11.4 Å². The first-order valence-electron chi connectivity index (χ1n) is 7.64. The lowest BCUT2D eigenvalue weighted by Gasteiger charge is -2.29. The van der Waals surface area contributed by atoms with Crippen LogP contribution in [0.5, 0.6) is 0 Å². The van der Waals surface area contributed by atoms with E-state index in [-0.39, 0.29) is 11.2 Å². The number of H-pyrrole nitrogens is 1. The van der Waals surface area contributed by atoms with Crippen LogP contribution in [0.25, 0.3) is 11.2 Å². The summed E-state index contributed by atoms with van der Waals surface area (Å²) in [5, 5.41) is 0. The van der Waals surface area contributed by atoms with Gasteiger partial charge in [0.2, 0.25) is 0 Å². The number of ketones is 1. The predicted molar refractivity (Wildman–Crippen MR) is 84.1 cm³/mol. The van der Waals surface area contributed by atoms with E-state index in [0.717, 1.165) is 12.3 Å². The van der Waals surface area contributed by atoms with Gasteiger partial charge in [0, 0.05) is 11.6 Å². The van der Waals surface area contributed by atoms with Crippen molar-refractivity contribution in [3.05, 3.63) is 22.6 Å². The number of hydrogen-bond acceptors (Lipinski definition) is 3. The lowest BCUT2D eigenvalue weighted by molar-refractivity contribution is 0.0742. The van der Waals surface area contributed by atoms with Crippen molar-refractivity contribution in [1.82, 2.24) is 15.0 Å². The van der Waals surface area contributed by atoms with Gasteiger partial charge in [-0.15, -0.1) is 0 Å². The largest absolute Gasteiger partial charge is 0.344 e. The lowest BCUT2D eigenvalue weighted by Crippen LogP contribution is -2.32. The molecule has 2 aliphatic rings. The quantitative estimate of drug-likeness (QED) is 0.831. The molecule has 0 bridgehead atoms. The number of aromatic nitrogens is 3. The Morgan fingerprint density at radius 1 is 1.43 bits per heavy atom. The molecule has 1 unspecified atom stereocenters. The van der Waals surface area contributed by atoms with Crippen molar-refractivity contribution < 1.29 is 4.79 Å². The normalized spacial score (nSPS) is 31.7. The SMILES string of the molecule is CC1(C(=O)c2c[nH]c3ncc(Br)nc23)CC[C@@H]2CCC[C@@H]21. The second-order valence-electron chi connectivity index (χ2n) is 6.68. The minimum Gasteiger partial charge on any atom is -0.344 e. The average molecular weight is 348 g/mol. The van der Waals surface area contributed by atoms with Crippen molar-refractivity contribution in [3.63, 3.8) is 0 Å². The summed E-state index contributed by atoms with van der Waals surface area (Å²) < 4.78 is 0.666. The average Bonchev–Trinajstić information content (AvgIpc) is 3.15. The molecule has 2 heterocycles. The van der Waals surface area contributed by atoms with E-state index in [2.05, 4.69) is 37.8 Å². The van der Waals surface area contributed by atoms with Gasteiger partial charge in [-0.2, -0.15) is 0 Å². The first-order valence-corrected chi connectivity index (χ1v) is 8.43. The molecule has 0 aromatic carbocycles. The molecule has 0 saturated heterocycles. The molecule has 0 spiro atoms. The number of rotatable bonds is 2. The van der Waals surface area contributed by atoms with E-state index in [1.165, 1.54) is 25.7 Å². The van der Waals surface area contributed by atoms with Gasteiger partial charge in [-0.1, -0.05) is 19.8 Å². The van der Waals surface area contributed by atoms with Crippen LogP contribution in [0.4, 0.5) is 0 Å². The van der Waals surface area contributed by atoms with Gasteiger partial charge >= 0.3 is 0 Å². The van der Waals surface area contributed by atoms with Gasteiger partial charge < -0.3 is 4.98 Å². The van der Waals surface area contributed by atoms with Gasteiger partial charge in [0.05, 0.1) is 11.8 Å². The monoisotopic (exact) mass is 347 g/mol. The molecular formula is C16H18BrN3O. The number of carbonyl (C=O) groups is 1. The van der Waals surface area contributed by atoms with Crippen LogP contribution < -0.4 is 0 Å². The first-order chi connectivity index (χ1) is 10.1. The van der Waals surface area contributed by atoms with Crippen LogP contribution in [0.15, 0.2) is 17.0 Å². The Hall–Kier alpha value is -1.23. The molecule has 2 saturated carbocycles. The summed E-state index contributed by atoms with van der Waals surface area (Å²) in [7, 11) is 0. The Bertz CT molecular complexity index is 725. The Labute approximate surface area is 131 Å². The van der Waals surface area contributed by atoms with E-state index in [1.807, 2.05) is 0 Å². The molecule has 0 aliphatic heterocycles. The number of nitrogens with zero attached hydrogens (tertiary/aromatic N) is 2. The zero-order chi connectivity index (χ0) is 14.6. The summed E-state index contributed by atoms with van der Waals surface area (Å²) >= 11 is 3.34. The maximum absolute atomic E-state index is 13.2. The molecular weight excluding hydrogens is 330 g/mol. The second kappa shape index (κ2) is 4.63. The molecule has 0 radical (unpaired) electrons. The number of nitrogens with one attached hydrogen (secondary N) is 1. The fraction of sp³-hybridized carbons (Fsp3) is 0.562. The molecule has 4 rings (SSSR count). The van der Waals surface area contributed by atoms with Crippen LogP contribution in [-0.2, 0) is 0 Å². The van der Waals surface area contributed by atoms with Gasteiger partial charge in [-0.25, -0.2) is 9.97 Å². The highest BCUT2D eigenvalue weighted by Gasteiger charge is 2.51. The van der Waals surface area contributed by atoms with Crippen LogP contribution >= 0.6 is 15.9 Å². The Morgan fingerprint density at radius 2 is 2.29 bits per heavy atom. The van der Waals surface area contributed by atoms with Crippen LogP contribution in [0.2, 0.25) is 0 Å². The number of fused-ring (bicyclic) bond motifs is 2. The molecule has 5 heteroatoms. The van der Waals surface area contributed by atoms with Crippen LogP contribution in [0.3, 0.4) is 0 Å². The van der Waals surface area contributed by atoms with E-state index in [0.29, 0.717) is 27.2 Å². The Balaban J connectivity index is 1.78. The molecule has 2 aromatic rings. The number of halogens is 1. The van der Waals surface area contributed by atoms with Gasteiger partial charge in [0.1, 0.15) is 10.1 Å². The van der Waals surface area contributed by atoms with E-state index in [9.17, 15) is 4.79 Å². The molecule has 2 fully saturated rings. The standard InChI is InChI=1S/C16H18BrN3O/c1-16(6-5-9-3-2-4-11(9)16)14(21)10-7-18-15-13(10)20-12(17)8-19-15/h7-9,11H,2-6H2,1H3,(H,18,19)/t9-,11-,16?/m0/s1. The van der Waals surface area contributed by atoms with E-state index in [4.69, 9.17) is 0 Å². The summed E-state index contributed by atoms with van der Waals surface area (Å²) in [5.74, 6) is 1.55. The van der Waals surface area contributed by atoms with E-state index >= 15 is 0 Å². The van der Waals surface area contributed by atoms with E-state index < -0.39 is 0 Å². The van der Waals surface area contributed by atoms with Crippen LogP contribution in [0, 0.1) is 17.3 Å². The highest BCUT2D eigenvalue weighted by atomic mass is 79.9. The number of Topliss-reactive ketones (excluding diaryl/α,β-unsaturated/α-hetero) is 1. The molecule has 3 atom stereocenters. The second-order valence-corrected chi connectivity index (χ2v) is 7.49. The molecule has 21 heavy (non-hydrogen) atoms. The molecule has 2 aromatic heterocycles. The molecule has 110 valence electrons. The van der Waals surface area contributed by atoms with Crippen molar-refractivity contribution in [2.24, 2.45) is 17.3 Å². The third-order valence-corrected chi connectivity index (χ3v) is 6.01. The van der Waals surface area contributed by atoms with Gasteiger partial charge in [-0.3, -0.25) is 4.79 Å². The van der Waals surface area contributed by atoms with Crippen LogP contribution in [0.1, 0.15) is 49.4 Å². The minimum atomic E-state index is -0.222. The van der Waals surface area contributed by atoms with E-state index in [1.54, 1.807) is 12.4 Å². The number of hydrogen-bond donors (Lipinski definition) is 1.